The highest BCUT2D eigenvalue weighted by atomic mass is 16.5. The number of pyridine rings is 2. The van der Waals surface area contributed by atoms with E-state index in [0.29, 0.717) is 11.4 Å². The molecule has 0 amide bonds. The maximum atomic E-state index is 11.7. The normalized spacial score (nSPS) is 11.1. The summed E-state index contributed by atoms with van der Waals surface area (Å²) < 4.78 is 9.48. The van der Waals surface area contributed by atoms with E-state index in [2.05, 4.69) is 0 Å². The largest absolute Gasteiger partial charge is 0.466 e. The highest BCUT2D eigenvalue weighted by Crippen LogP contribution is 2.28. The molecule has 0 saturated carbocycles. The maximum Gasteiger partial charge on any atom is 0.330 e. The molecular formula is C30H24N2O4. The molecule has 36 heavy (non-hydrogen) atoms. The summed E-state index contributed by atoms with van der Waals surface area (Å²) in [4.78, 5) is 33.2. The molecule has 2 heterocycles. The standard InChI is InChI=1S/C30H24N2O4/c1-35-29(33)15-13-21-17-25(23-9-5-3-6-10-23)31-27(19-21)28-20-22(14-16-30(34)36-2)18-26(32-28)24-11-7-4-8-12-24/h3-20H,1-2H3/b15-13+,16-14+. The van der Waals surface area contributed by atoms with E-state index < -0.39 is 11.9 Å². The van der Waals surface area contributed by atoms with Gasteiger partial charge in [0.15, 0.2) is 0 Å². The molecule has 6 nitrogen and oxygen atoms in total. The van der Waals surface area contributed by atoms with E-state index in [1.54, 1.807) is 12.2 Å². The first kappa shape index (κ1) is 24.3. The van der Waals surface area contributed by atoms with E-state index in [4.69, 9.17) is 19.4 Å². The summed E-state index contributed by atoms with van der Waals surface area (Å²) in [6.45, 7) is 0. The van der Waals surface area contributed by atoms with Crippen LogP contribution in [0.25, 0.3) is 46.1 Å². The number of hydrogen-bond donors (Lipinski definition) is 0. The molecule has 6 heteroatoms. The molecule has 0 fully saturated rings. The van der Waals surface area contributed by atoms with Gasteiger partial charge in [0.05, 0.1) is 37.0 Å². The van der Waals surface area contributed by atoms with Crippen LogP contribution < -0.4 is 0 Å². The lowest BCUT2D eigenvalue weighted by atomic mass is 10.0. The number of methoxy groups -OCH3 is 2. The Balaban J connectivity index is 1.88. The third kappa shape index (κ3) is 6.18. The van der Waals surface area contributed by atoms with Crippen molar-refractivity contribution in [3.8, 4) is 33.9 Å². The zero-order valence-corrected chi connectivity index (χ0v) is 19.9. The van der Waals surface area contributed by atoms with Crippen LogP contribution in [0.15, 0.2) is 97.1 Å². The van der Waals surface area contributed by atoms with Gasteiger partial charge in [0.25, 0.3) is 0 Å². The summed E-state index contributed by atoms with van der Waals surface area (Å²) in [6.07, 6.45) is 6.10. The van der Waals surface area contributed by atoms with E-state index in [1.807, 2.05) is 84.9 Å². The van der Waals surface area contributed by atoms with Gasteiger partial charge >= 0.3 is 11.9 Å². The van der Waals surface area contributed by atoms with Crippen molar-refractivity contribution in [3.63, 3.8) is 0 Å². The Morgan fingerprint density at radius 1 is 0.583 bits per heavy atom. The van der Waals surface area contributed by atoms with Crippen LogP contribution >= 0.6 is 0 Å². The van der Waals surface area contributed by atoms with Crippen LogP contribution in [-0.4, -0.2) is 36.1 Å². The van der Waals surface area contributed by atoms with Crippen molar-refractivity contribution in [2.75, 3.05) is 14.2 Å². The Morgan fingerprint density at radius 3 is 1.31 bits per heavy atom. The van der Waals surface area contributed by atoms with E-state index in [-0.39, 0.29) is 0 Å². The van der Waals surface area contributed by atoms with Crippen LogP contribution in [0.5, 0.6) is 0 Å². The number of ether oxygens (including phenoxy) is 2. The smallest absolute Gasteiger partial charge is 0.330 e. The van der Waals surface area contributed by atoms with Gasteiger partial charge in [-0.1, -0.05) is 60.7 Å². The molecular weight excluding hydrogens is 452 g/mol. The fourth-order valence-electron chi connectivity index (χ4n) is 3.54. The molecule has 2 aromatic heterocycles. The monoisotopic (exact) mass is 476 g/mol. The molecule has 178 valence electrons. The number of carbonyl (C=O) groups excluding carboxylic acids is 2. The van der Waals surface area contributed by atoms with Crippen molar-refractivity contribution < 1.29 is 19.1 Å². The van der Waals surface area contributed by atoms with Crippen LogP contribution in [0.1, 0.15) is 11.1 Å². The Labute approximate surface area is 209 Å². The van der Waals surface area contributed by atoms with Crippen LogP contribution in [-0.2, 0) is 19.1 Å². The predicted octanol–water partition coefficient (Wildman–Crippen LogP) is 5.85. The van der Waals surface area contributed by atoms with Crippen LogP contribution in [0.2, 0.25) is 0 Å². The third-order valence-corrected chi connectivity index (χ3v) is 5.32. The molecule has 0 N–H and O–H groups in total. The second-order valence-electron chi connectivity index (χ2n) is 7.79. The molecule has 0 unspecified atom stereocenters. The maximum absolute atomic E-state index is 11.7. The third-order valence-electron chi connectivity index (χ3n) is 5.32. The van der Waals surface area contributed by atoms with Crippen molar-refractivity contribution in [2.24, 2.45) is 0 Å². The minimum absolute atomic E-state index is 0.450. The Hall–Kier alpha value is -4.84. The van der Waals surface area contributed by atoms with Gasteiger partial charge in [0.2, 0.25) is 0 Å². The van der Waals surface area contributed by atoms with Gasteiger partial charge in [-0.25, -0.2) is 19.6 Å². The second-order valence-corrected chi connectivity index (χ2v) is 7.79. The molecule has 0 radical (unpaired) electrons. The van der Waals surface area contributed by atoms with Gasteiger partial charge in [-0.15, -0.1) is 0 Å². The molecule has 0 aliphatic heterocycles. The summed E-state index contributed by atoms with van der Waals surface area (Å²) in [5.41, 5.74) is 6.09. The van der Waals surface area contributed by atoms with Crippen molar-refractivity contribution in [3.05, 3.63) is 108 Å². The number of esters is 2. The number of hydrogen-bond acceptors (Lipinski definition) is 6. The predicted molar refractivity (Wildman–Crippen MR) is 140 cm³/mol. The van der Waals surface area contributed by atoms with Gasteiger partial charge in [-0.3, -0.25) is 0 Å². The SMILES string of the molecule is COC(=O)/C=C/c1cc(-c2ccccc2)nc(-c2cc(/C=C/C(=O)OC)cc(-c3ccccc3)n2)c1. The highest BCUT2D eigenvalue weighted by Gasteiger charge is 2.11. The Morgan fingerprint density at radius 2 is 0.944 bits per heavy atom. The fourth-order valence-corrected chi connectivity index (χ4v) is 3.54. The lowest BCUT2D eigenvalue weighted by Crippen LogP contribution is -1.97. The van der Waals surface area contributed by atoms with Gasteiger partial charge in [-0.05, 0) is 47.5 Å². The van der Waals surface area contributed by atoms with Gasteiger partial charge in [0.1, 0.15) is 0 Å². The van der Waals surface area contributed by atoms with E-state index in [1.165, 1.54) is 26.4 Å². The van der Waals surface area contributed by atoms with E-state index in [9.17, 15) is 9.59 Å². The Bertz CT molecular complexity index is 1320. The fraction of sp³-hybridized carbons (Fsp3) is 0.0667. The molecule has 0 atom stereocenters. The molecule has 0 saturated heterocycles. The first-order valence-corrected chi connectivity index (χ1v) is 11.2. The van der Waals surface area contributed by atoms with Gasteiger partial charge in [-0.2, -0.15) is 0 Å². The molecule has 0 aliphatic rings. The van der Waals surface area contributed by atoms with Crippen LogP contribution in [0.4, 0.5) is 0 Å². The van der Waals surface area contributed by atoms with Crippen molar-refractivity contribution in [1.82, 2.24) is 9.97 Å². The van der Waals surface area contributed by atoms with Gasteiger partial charge in [0, 0.05) is 23.3 Å². The lowest BCUT2D eigenvalue weighted by Gasteiger charge is -2.10. The molecule has 0 aliphatic carbocycles. The minimum atomic E-state index is -0.450. The first-order valence-electron chi connectivity index (χ1n) is 11.2. The van der Waals surface area contributed by atoms with Crippen molar-refractivity contribution in [1.29, 1.82) is 0 Å². The minimum Gasteiger partial charge on any atom is -0.466 e. The number of nitrogens with zero attached hydrogens (tertiary/aromatic N) is 2. The number of benzene rings is 2. The topological polar surface area (TPSA) is 78.4 Å². The van der Waals surface area contributed by atoms with Crippen LogP contribution in [0, 0.1) is 0 Å². The van der Waals surface area contributed by atoms with Crippen molar-refractivity contribution in [2.45, 2.75) is 0 Å². The average Bonchev–Trinajstić information content (AvgIpc) is 2.95. The summed E-state index contributed by atoms with van der Waals surface area (Å²) in [6, 6.07) is 27.0. The van der Waals surface area contributed by atoms with Crippen LogP contribution in [0.3, 0.4) is 0 Å². The highest BCUT2D eigenvalue weighted by molar-refractivity contribution is 5.88. The first-order chi connectivity index (χ1) is 17.6. The molecule has 0 spiro atoms. The summed E-state index contributed by atoms with van der Waals surface area (Å²) >= 11 is 0. The van der Waals surface area contributed by atoms with E-state index in [0.717, 1.165) is 33.6 Å². The number of aromatic nitrogens is 2. The van der Waals surface area contributed by atoms with Crippen molar-refractivity contribution >= 4 is 24.1 Å². The lowest BCUT2D eigenvalue weighted by molar-refractivity contribution is -0.135. The molecule has 0 bridgehead atoms. The zero-order valence-electron chi connectivity index (χ0n) is 19.9. The molecule has 2 aromatic carbocycles. The Kier molecular flexibility index (Phi) is 7.78. The number of carbonyl (C=O) groups is 2. The second kappa shape index (κ2) is 11.5. The summed E-state index contributed by atoms with van der Waals surface area (Å²) in [5, 5.41) is 0. The molecule has 4 rings (SSSR count). The van der Waals surface area contributed by atoms with E-state index >= 15 is 0 Å². The quantitative estimate of drug-likeness (QED) is 0.246. The zero-order chi connectivity index (χ0) is 25.3. The number of rotatable bonds is 7. The van der Waals surface area contributed by atoms with Gasteiger partial charge < -0.3 is 9.47 Å². The average molecular weight is 477 g/mol. The molecule has 4 aromatic rings. The summed E-state index contributed by atoms with van der Waals surface area (Å²) in [7, 11) is 2.67. The summed E-state index contributed by atoms with van der Waals surface area (Å²) in [5.74, 6) is -0.900.